The van der Waals surface area contributed by atoms with Crippen LogP contribution in [-0.4, -0.2) is 61.8 Å². The molecule has 0 atom stereocenters. The molecule has 0 aromatic heterocycles. The van der Waals surface area contributed by atoms with Crippen LogP contribution >= 0.6 is 0 Å². The Hall–Kier alpha value is -2.14. The average molecular weight is 433 g/mol. The van der Waals surface area contributed by atoms with Crippen LogP contribution in [0.15, 0.2) is 29.2 Å². The Morgan fingerprint density at radius 3 is 2.03 bits per heavy atom. The van der Waals surface area contributed by atoms with E-state index in [1.807, 2.05) is 0 Å². The lowest BCUT2D eigenvalue weighted by Gasteiger charge is -2.35. The molecule has 1 saturated carbocycles. The summed E-state index contributed by atoms with van der Waals surface area (Å²) in [6.07, 6.45) is -1.17. The number of carbonyl (C=O) groups is 2. The molecule has 2 fully saturated rings. The average Bonchev–Trinajstić information content (AvgIpc) is 3.22. The van der Waals surface area contributed by atoms with E-state index in [4.69, 9.17) is 0 Å². The molecule has 160 valence electrons. The predicted octanol–water partition coefficient (Wildman–Crippen LogP) is 2.21. The molecule has 1 aliphatic heterocycles. The number of amides is 2. The Morgan fingerprint density at radius 2 is 1.52 bits per heavy atom. The van der Waals surface area contributed by atoms with Crippen LogP contribution in [0, 0.1) is 5.92 Å². The molecule has 1 aromatic rings. The molecule has 2 aliphatic rings. The van der Waals surface area contributed by atoms with Gasteiger partial charge in [0.1, 0.15) is 0 Å². The maximum atomic E-state index is 12.8. The first-order valence-corrected chi connectivity index (χ1v) is 10.8. The first kappa shape index (κ1) is 21.6. The van der Waals surface area contributed by atoms with Gasteiger partial charge in [-0.05, 0) is 37.1 Å². The van der Waals surface area contributed by atoms with Crippen molar-refractivity contribution in [3.05, 3.63) is 24.3 Å². The van der Waals surface area contributed by atoms with Crippen LogP contribution in [0.4, 0.5) is 18.9 Å². The zero-order valence-corrected chi connectivity index (χ0v) is 16.4. The van der Waals surface area contributed by atoms with Crippen LogP contribution < -0.4 is 5.32 Å². The lowest BCUT2D eigenvalue weighted by Crippen LogP contribution is -2.51. The lowest BCUT2D eigenvalue weighted by molar-refractivity contribution is -0.167. The maximum Gasteiger partial charge on any atom is 0.471 e. The van der Waals surface area contributed by atoms with E-state index in [-0.39, 0.29) is 35.5 Å². The molecule has 1 heterocycles. The third-order valence-corrected chi connectivity index (χ3v) is 7.18. The van der Waals surface area contributed by atoms with Crippen molar-refractivity contribution in [2.45, 2.75) is 36.8 Å². The predicted molar refractivity (Wildman–Crippen MR) is 98.4 cm³/mol. The minimum Gasteiger partial charge on any atom is -0.340 e. The number of benzene rings is 1. The summed E-state index contributed by atoms with van der Waals surface area (Å²) >= 11 is 0. The number of hydrogen-bond donors (Lipinski definition) is 1. The van der Waals surface area contributed by atoms with Crippen LogP contribution in [0.25, 0.3) is 0 Å². The van der Waals surface area contributed by atoms with Gasteiger partial charge in [0.15, 0.2) is 0 Å². The molecule has 7 nitrogen and oxygen atoms in total. The molecule has 1 saturated heterocycles. The van der Waals surface area contributed by atoms with E-state index in [0.29, 0.717) is 13.1 Å². The smallest absolute Gasteiger partial charge is 0.340 e. The van der Waals surface area contributed by atoms with Crippen molar-refractivity contribution in [3.63, 3.8) is 0 Å². The van der Waals surface area contributed by atoms with E-state index < -0.39 is 22.1 Å². The van der Waals surface area contributed by atoms with Gasteiger partial charge in [-0.3, -0.25) is 9.59 Å². The molecular formula is C18H22F3N3O4S. The number of piperazine rings is 1. The van der Waals surface area contributed by atoms with E-state index in [9.17, 15) is 31.2 Å². The van der Waals surface area contributed by atoms with Crippen LogP contribution in [0.3, 0.4) is 0 Å². The van der Waals surface area contributed by atoms with Crippen molar-refractivity contribution < 1.29 is 31.2 Å². The molecular weight excluding hydrogens is 411 g/mol. The van der Waals surface area contributed by atoms with Crippen LogP contribution in [-0.2, 0) is 19.6 Å². The van der Waals surface area contributed by atoms with E-state index in [2.05, 4.69) is 0 Å². The van der Waals surface area contributed by atoms with Crippen molar-refractivity contribution in [1.29, 1.82) is 0 Å². The number of nitrogens with zero attached hydrogens (tertiary/aromatic N) is 2. The van der Waals surface area contributed by atoms with E-state index >= 15 is 0 Å². The summed E-state index contributed by atoms with van der Waals surface area (Å²) in [5.74, 6) is -2.00. The fourth-order valence-electron chi connectivity index (χ4n) is 3.64. The first-order chi connectivity index (χ1) is 13.6. The van der Waals surface area contributed by atoms with Crippen molar-refractivity contribution in [1.82, 2.24) is 9.21 Å². The maximum absolute atomic E-state index is 12.8. The summed E-state index contributed by atoms with van der Waals surface area (Å²) < 4.78 is 63.7. The lowest BCUT2D eigenvalue weighted by atomic mass is 10.1. The molecule has 0 bridgehead atoms. The number of rotatable bonds is 4. The Kier molecular flexibility index (Phi) is 6.18. The summed E-state index contributed by atoms with van der Waals surface area (Å²) in [5, 5.41) is 1.67. The molecule has 0 radical (unpaired) electrons. The third kappa shape index (κ3) is 4.89. The van der Waals surface area contributed by atoms with Gasteiger partial charge >= 0.3 is 12.1 Å². The SMILES string of the molecule is O=C(C1CCCC1)N1CCN(S(=O)(=O)c2ccc(NC(=O)C(F)(F)F)cc2)CC1. The van der Waals surface area contributed by atoms with Gasteiger partial charge in [-0.25, -0.2) is 8.42 Å². The molecule has 0 spiro atoms. The van der Waals surface area contributed by atoms with Gasteiger partial charge in [0.25, 0.3) is 0 Å². The Labute approximate surface area is 166 Å². The molecule has 3 rings (SSSR count). The number of anilines is 1. The monoisotopic (exact) mass is 433 g/mol. The number of sulfonamides is 1. The highest BCUT2D eigenvalue weighted by Gasteiger charge is 2.39. The standard InChI is InChI=1S/C18H22F3N3O4S/c19-18(20,21)17(26)22-14-5-7-15(8-6-14)29(27,28)24-11-9-23(10-12-24)16(25)13-3-1-2-4-13/h5-8,13H,1-4,9-12H2,(H,22,26). The third-order valence-electron chi connectivity index (χ3n) is 5.26. The van der Waals surface area contributed by atoms with Gasteiger partial charge in [0, 0.05) is 37.8 Å². The summed E-state index contributed by atoms with van der Waals surface area (Å²) in [7, 11) is -3.84. The Bertz CT molecular complexity index is 857. The van der Waals surface area contributed by atoms with Crippen LogP contribution in [0.5, 0.6) is 0 Å². The summed E-state index contributed by atoms with van der Waals surface area (Å²) in [6, 6.07) is 4.52. The molecule has 1 aromatic carbocycles. The summed E-state index contributed by atoms with van der Waals surface area (Å²) in [4.78, 5) is 25.0. The number of halogens is 3. The highest BCUT2D eigenvalue weighted by atomic mass is 32.2. The van der Waals surface area contributed by atoms with E-state index in [1.54, 1.807) is 10.2 Å². The topological polar surface area (TPSA) is 86.8 Å². The fourth-order valence-corrected chi connectivity index (χ4v) is 5.06. The van der Waals surface area contributed by atoms with Gasteiger partial charge in [0.05, 0.1) is 4.90 Å². The normalized spacial score (nSPS) is 19.3. The number of hydrogen-bond acceptors (Lipinski definition) is 4. The highest BCUT2D eigenvalue weighted by molar-refractivity contribution is 7.89. The van der Waals surface area contributed by atoms with Crippen LogP contribution in [0.2, 0.25) is 0 Å². The van der Waals surface area contributed by atoms with Gasteiger partial charge < -0.3 is 10.2 Å². The summed E-state index contributed by atoms with van der Waals surface area (Å²) in [6.45, 7) is 0.948. The molecule has 29 heavy (non-hydrogen) atoms. The number of alkyl halides is 3. The van der Waals surface area contributed by atoms with Crippen molar-refractivity contribution >= 4 is 27.5 Å². The van der Waals surface area contributed by atoms with Gasteiger partial charge in [-0.2, -0.15) is 17.5 Å². The molecule has 1 aliphatic carbocycles. The second kappa shape index (κ2) is 8.31. The Balaban J connectivity index is 1.61. The van der Waals surface area contributed by atoms with E-state index in [0.717, 1.165) is 49.9 Å². The fraction of sp³-hybridized carbons (Fsp3) is 0.556. The van der Waals surface area contributed by atoms with Crippen LogP contribution in [0.1, 0.15) is 25.7 Å². The first-order valence-electron chi connectivity index (χ1n) is 9.36. The van der Waals surface area contributed by atoms with Crippen molar-refractivity contribution in [2.75, 3.05) is 31.5 Å². The second-order valence-corrected chi connectivity index (χ2v) is 9.12. The molecule has 11 heteroatoms. The molecule has 0 unspecified atom stereocenters. The van der Waals surface area contributed by atoms with E-state index in [1.165, 1.54) is 4.31 Å². The highest BCUT2D eigenvalue weighted by Crippen LogP contribution is 2.28. The minimum absolute atomic E-state index is 0.0395. The van der Waals surface area contributed by atoms with Crippen molar-refractivity contribution in [3.8, 4) is 0 Å². The molecule has 1 N–H and O–H groups in total. The Morgan fingerprint density at radius 1 is 0.966 bits per heavy atom. The quantitative estimate of drug-likeness (QED) is 0.789. The zero-order chi connectivity index (χ0) is 21.2. The zero-order valence-electron chi connectivity index (χ0n) is 15.6. The molecule has 2 amide bonds. The minimum atomic E-state index is -5.03. The second-order valence-electron chi connectivity index (χ2n) is 7.19. The van der Waals surface area contributed by atoms with Gasteiger partial charge in [-0.15, -0.1) is 0 Å². The van der Waals surface area contributed by atoms with Gasteiger partial charge in [-0.1, -0.05) is 12.8 Å². The van der Waals surface area contributed by atoms with Gasteiger partial charge in [0.2, 0.25) is 15.9 Å². The largest absolute Gasteiger partial charge is 0.471 e. The van der Waals surface area contributed by atoms with Crippen molar-refractivity contribution in [2.24, 2.45) is 5.92 Å². The summed E-state index contributed by atoms with van der Waals surface area (Å²) in [5.41, 5.74) is -0.154. The number of carbonyl (C=O) groups excluding carboxylic acids is 2. The number of nitrogens with one attached hydrogen (secondary N) is 1.